The molecule has 0 aliphatic rings. The summed E-state index contributed by atoms with van der Waals surface area (Å²) < 4.78 is 10.3. The summed E-state index contributed by atoms with van der Waals surface area (Å²) in [5.41, 5.74) is 0.887. The van der Waals surface area contributed by atoms with E-state index in [0.29, 0.717) is 11.3 Å². The van der Waals surface area contributed by atoms with E-state index in [4.69, 9.17) is 9.26 Å². The van der Waals surface area contributed by atoms with Crippen LogP contribution >= 0.6 is 0 Å². The van der Waals surface area contributed by atoms with E-state index in [2.05, 4.69) is 10.5 Å². The molecule has 0 atom stereocenters. The Morgan fingerprint density at radius 3 is 2.45 bits per heavy atom. The van der Waals surface area contributed by atoms with Gasteiger partial charge in [-0.1, -0.05) is 5.16 Å². The molecule has 1 N–H and O–H groups in total. The topological polar surface area (TPSA) is 64.4 Å². The first kappa shape index (κ1) is 14.1. The Morgan fingerprint density at radius 1 is 1.25 bits per heavy atom. The number of methoxy groups -OCH3 is 1. The maximum Gasteiger partial charge on any atom is 0.257 e. The molecule has 0 aliphatic heterocycles. The van der Waals surface area contributed by atoms with Gasteiger partial charge in [0.2, 0.25) is 0 Å². The molecule has 0 spiro atoms. The SMILES string of the molecule is COc1ccc(-c2oncc2C(=O)NC(C)(C)C)cc1. The maximum absolute atomic E-state index is 12.2. The molecule has 1 heterocycles. The van der Waals surface area contributed by atoms with Gasteiger partial charge in [0, 0.05) is 11.1 Å². The van der Waals surface area contributed by atoms with Crippen molar-refractivity contribution in [1.82, 2.24) is 10.5 Å². The van der Waals surface area contributed by atoms with Gasteiger partial charge in [-0.3, -0.25) is 4.79 Å². The second-order valence-electron chi connectivity index (χ2n) is 5.50. The second kappa shape index (κ2) is 5.36. The molecule has 0 radical (unpaired) electrons. The third-order valence-electron chi connectivity index (χ3n) is 2.66. The predicted molar refractivity (Wildman–Crippen MR) is 75.7 cm³/mol. The first-order valence-corrected chi connectivity index (χ1v) is 6.32. The van der Waals surface area contributed by atoms with E-state index in [1.807, 2.05) is 45.0 Å². The number of ether oxygens (including phenoxy) is 1. The number of rotatable bonds is 3. The summed E-state index contributed by atoms with van der Waals surface area (Å²) in [7, 11) is 1.60. The minimum Gasteiger partial charge on any atom is -0.497 e. The van der Waals surface area contributed by atoms with Gasteiger partial charge in [0.25, 0.3) is 5.91 Å². The van der Waals surface area contributed by atoms with Crippen molar-refractivity contribution in [3.8, 4) is 17.1 Å². The summed E-state index contributed by atoms with van der Waals surface area (Å²) in [6.45, 7) is 5.77. The van der Waals surface area contributed by atoms with Crippen LogP contribution in [-0.2, 0) is 0 Å². The average Bonchev–Trinajstić information content (AvgIpc) is 2.86. The van der Waals surface area contributed by atoms with E-state index < -0.39 is 0 Å². The van der Waals surface area contributed by atoms with Gasteiger partial charge in [0.05, 0.1) is 13.3 Å². The molecule has 0 saturated carbocycles. The fourth-order valence-electron chi connectivity index (χ4n) is 1.76. The van der Waals surface area contributed by atoms with Crippen molar-refractivity contribution in [2.75, 3.05) is 7.11 Å². The summed E-state index contributed by atoms with van der Waals surface area (Å²) in [5.74, 6) is 0.993. The number of aromatic nitrogens is 1. The molecule has 2 aromatic rings. The van der Waals surface area contributed by atoms with Crippen LogP contribution in [0.2, 0.25) is 0 Å². The molecule has 0 aliphatic carbocycles. The molecular weight excluding hydrogens is 256 g/mol. The molecule has 1 aromatic carbocycles. The van der Waals surface area contributed by atoms with Gasteiger partial charge < -0.3 is 14.6 Å². The van der Waals surface area contributed by atoms with E-state index in [1.54, 1.807) is 7.11 Å². The molecule has 0 unspecified atom stereocenters. The van der Waals surface area contributed by atoms with Crippen LogP contribution in [0.4, 0.5) is 0 Å². The number of carbonyl (C=O) groups excluding carboxylic acids is 1. The quantitative estimate of drug-likeness (QED) is 0.934. The zero-order valence-corrected chi connectivity index (χ0v) is 12.1. The normalized spacial score (nSPS) is 11.2. The van der Waals surface area contributed by atoms with Crippen molar-refractivity contribution in [3.63, 3.8) is 0 Å². The molecule has 0 bridgehead atoms. The second-order valence-corrected chi connectivity index (χ2v) is 5.50. The maximum atomic E-state index is 12.2. The van der Waals surface area contributed by atoms with Crippen LogP contribution in [0.3, 0.4) is 0 Å². The van der Waals surface area contributed by atoms with Crippen molar-refractivity contribution in [2.24, 2.45) is 0 Å². The molecule has 0 fully saturated rings. The Morgan fingerprint density at radius 2 is 1.90 bits per heavy atom. The third kappa shape index (κ3) is 3.17. The van der Waals surface area contributed by atoms with E-state index in [0.717, 1.165) is 11.3 Å². The predicted octanol–water partition coefficient (Wildman–Crippen LogP) is 2.88. The summed E-state index contributed by atoms with van der Waals surface area (Å²) in [6, 6.07) is 7.27. The lowest BCUT2D eigenvalue weighted by atomic mass is 10.1. The van der Waals surface area contributed by atoms with Gasteiger partial charge in [0.1, 0.15) is 11.3 Å². The standard InChI is InChI=1S/C15H18N2O3/c1-15(2,3)17-14(18)12-9-16-20-13(12)10-5-7-11(19-4)8-6-10/h5-9H,1-4H3,(H,17,18). The number of carbonyl (C=O) groups is 1. The lowest BCUT2D eigenvalue weighted by Crippen LogP contribution is -2.40. The molecule has 0 saturated heterocycles. The lowest BCUT2D eigenvalue weighted by molar-refractivity contribution is 0.0920. The molecule has 20 heavy (non-hydrogen) atoms. The van der Waals surface area contributed by atoms with Gasteiger partial charge in [-0.05, 0) is 45.0 Å². The number of nitrogens with one attached hydrogen (secondary N) is 1. The van der Waals surface area contributed by atoms with Crippen LogP contribution in [0, 0.1) is 0 Å². The molecule has 2 rings (SSSR count). The highest BCUT2D eigenvalue weighted by Gasteiger charge is 2.21. The molecular formula is C15H18N2O3. The summed E-state index contributed by atoms with van der Waals surface area (Å²) in [4.78, 5) is 12.2. The number of hydrogen-bond donors (Lipinski definition) is 1. The zero-order valence-electron chi connectivity index (χ0n) is 12.1. The first-order chi connectivity index (χ1) is 9.40. The number of benzene rings is 1. The Hall–Kier alpha value is -2.30. The van der Waals surface area contributed by atoms with E-state index in [-0.39, 0.29) is 11.4 Å². The number of nitrogens with zero attached hydrogens (tertiary/aromatic N) is 1. The van der Waals surface area contributed by atoms with Crippen LogP contribution in [0.5, 0.6) is 5.75 Å². The Balaban J connectivity index is 2.30. The van der Waals surface area contributed by atoms with Crippen molar-refractivity contribution < 1.29 is 14.1 Å². The fourth-order valence-corrected chi connectivity index (χ4v) is 1.76. The molecule has 5 heteroatoms. The van der Waals surface area contributed by atoms with Gasteiger partial charge in [-0.25, -0.2) is 0 Å². The average molecular weight is 274 g/mol. The van der Waals surface area contributed by atoms with Crippen LogP contribution < -0.4 is 10.1 Å². The van der Waals surface area contributed by atoms with Crippen molar-refractivity contribution in [2.45, 2.75) is 26.3 Å². The molecule has 1 aromatic heterocycles. The molecule has 1 amide bonds. The third-order valence-corrected chi connectivity index (χ3v) is 2.66. The monoisotopic (exact) mass is 274 g/mol. The van der Waals surface area contributed by atoms with E-state index in [1.165, 1.54) is 6.20 Å². The van der Waals surface area contributed by atoms with Gasteiger partial charge >= 0.3 is 0 Å². The van der Waals surface area contributed by atoms with Gasteiger partial charge in [-0.2, -0.15) is 0 Å². The highest BCUT2D eigenvalue weighted by Crippen LogP contribution is 2.25. The first-order valence-electron chi connectivity index (χ1n) is 6.32. The van der Waals surface area contributed by atoms with E-state index >= 15 is 0 Å². The Labute approximate surface area is 117 Å². The number of hydrogen-bond acceptors (Lipinski definition) is 4. The Bertz CT molecular complexity index is 594. The minimum atomic E-state index is -0.314. The lowest BCUT2D eigenvalue weighted by Gasteiger charge is -2.20. The fraction of sp³-hybridized carbons (Fsp3) is 0.333. The summed E-state index contributed by atoms with van der Waals surface area (Å²) >= 11 is 0. The van der Waals surface area contributed by atoms with Crippen LogP contribution in [-0.4, -0.2) is 23.7 Å². The smallest absolute Gasteiger partial charge is 0.257 e. The van der Waals surface area contributed by atoms with Crippen molar-refractivity contribution in [1.29, 1.82) is 0 Å². The largest absolute Gasteiger partial charge is 0.497 e. The molecule has 106 valence electrons. The van der Waals surface area contributed by atoms with Gasteiger partial charge in [0.15, 0.2) is 5.76 Å². The van der Waals surface area contributed by atoms with Crippen molar-refractivity contribution in [3.05, 3.63) is 36.0 Å². The number of amides is 1. The van der Waals surface area contributed by atoms with Crippen LogP contribution in [0.25, 0.3) is 11.3 Å². The highest BCUT2D eigenvalue weighted by atomic mass is 16.5. The Kier molecular flexibility index (Phi) is 3.79. The minimum absolute atomic E-state index is 0.204. The highest BCUT2D eigenvalue weighted by molar-refractivity contribution is 5.99. The van der Waals surface area contributed by atoms with Crippen molar-refractivity contribution >= 4 is 5.91 Å². The summed E-state index contributed by atoms with van der Waals surface area (Å²) in [5, 5.41) is 6.62. The molecule has 5 nitrogen and oxygen atoms in total. The van der Waals surface area contributed by atoms with E-state index in [9.17, 15) is 4.79 Å². The van der Waals surface area contributed by atoms with Crippen LogP contribution in [0.1, 0.15) is 31.1 Å². The van der Waals surface area contributed by atoms with Crippen LogP contribution in [0.15, 0.2) is 35.0 Å². The van der Waals surface area contributed by atoms with Gasteiger partial charge in [-0.15, -0.1) is 0 Å². The zero-order chi connectivity index (χ0) is 14.8. The summed E-state index contributed by atoms with van der Waals surface area (Å²) in [6.07, 6.45) is 1.43.